The average Bonchev–Trinajstić information content (AvgIpc) is 3.10. The molecule has 0 aliphatic carbocycles. The minimum atomic E-state index is -1.50. The van der Waals surface area contributed by atoms with Crippen LogP contribution in [0.1, 0.15) is 39.7 Å². The highest BCUT2D eigenvalue weighted by atomic mass is 16.3. The molecule has 1 aliphatic heterocycles. The summed E-state index contributed by atoms with van der Waals surface area (Å²) in [6.07, 6.45) is 0.0869. The van der Waals surface area contributed by atoms with E-state index in [9.17, 15) is 19.5 Å². The molecule has 0 saturated carbocycles. The van der Waals surface area contributed by atoms with E-state index in [1.165, 1.54) is 6.92 Å². The van der Waals surface area contributed by atoms with Gasteiger partial charge in [0.2, 0.25) is 11.8 Å². The van der Waals surface area contributed by atoms with Gasteiger partial charge >= 0.3 is 6.03 Å². The minimum Gasteiger partial charge on any atom is -0.398 e. The zero-order valence-corrected chi connectivity index (χ0v) is 24.0. The highest BCUT2D eigenvalue weighted by molar-refractivity contribution is 6.17. The van der Waals surface area contributed by atoms with Gasteiger partial charge in [0.25, 0.3) is 0 Å². The number of anilines is 3. The number of nitrogen functional groups attached to an aromatic ring is 1. The zero-order valence-electron chi connectivity index (χ0n) is 24.0. The van der Waals surface area contributed by atoms with Crippen molar-refractivity contribution in [3.63, 3.8) is 0 Å². The van der Waals surface area contributed by atoms with Gasteiger partial charge in [-0.05, 0) is 75.9 Å². The first-order valence-electron chi connectivity index (χ1n) is 13.8. The SMILES string of the molecule is C[C@H](O)CNC(=O)N(C(=O)C(C)([C@H]1CCc2ccccc2NC1=O)C(C)(C)N)c1ccc(-c2ccccc2N)cc1. The van der Waals surface area contributed by atoms with Gasteiger partial charge < -0.3 is 27.2 Å². The molecule has 0 radical (unpaired) electrons. The van der Waals surface area contributed by atoms with Gasteiger partial charge in [0.1, 0.15) is 0 Å². The van der Waals surface area contributed by atoms with E-state index in [2.05, 4.69) is 10.6 Å². The largest absolute Gasteiger partial charge is 0.398 e. The molecule has 4 amide bonds. The zero-order chi connectivity index (χ0) is 29.9. The summed E-state index contributed by atoms with van der Waals surface area (Å²) in [7, 11) is 0. The van der Waals surface area contributed by atoms with Crippen LogP contribution in [-0.4, -0.2) is 41.1 Å². The van der Waals surface area contributed by atoms with E-state index in [-0.39, 0.29) is 12.5 Å². The van der Waals surface area contributed by atoms with E-state index in [1.807, 2.05) is 42.5 Å². The lowest BCUT2D eigenvalue weighted by atomic mass is 9.62. The van der Waals surface area contributed by atoms with Gasteiger partial charge in [-0.15, -0.1) is 0 Å². The van der Waals surface area contributed by atoms with Gasteiger partial charge in [-0.1, -0.05) is 48.5 Å². The highest BCUT2D eigenvalue weighted by Gasteiger charge is 2.56. The number of imide groups is 1. The van der Waals surface area contributed by atoms with Crippen molar-refractivity contribution in [3.8, 4) is 11.1 Å². The van der Waals surface area contributed by atoms with Crippen LogP contribution >= 0.6 is 0 Å². The Morgan fingerprint density at radius 2 is 1.68 bits per heavy atom. The lowest BCUT2D eigenvalue weighted by molar-refractivity contribution is -0.141. The highest BCUT2D eigenvalue weighted by Crippen LogP contribution is 2.44. The van der Waals surface area contributed by atoms with Gasteiger partial charge in [-0.2, -0.15) is 0 Å². The molecule has 3 aromatic rings. The van der Waals surface area contributed by atoms with Crippen molar-refractivity contribution in [1.82, 2.24) is 5.32 Å². The number of aryl methyl sites for hydroxylation is 1. The molecular weight excluding hydrogens is 518 g/mol. The van der Waals surface area contributed by atoms with Gasteiger partial charge in [0, 0.05) is 29.0 Å². The molecule has 4 rings (SSSR count). The number of nitrogens with zero attached hydrogens (tertiary/aromatic N) is 1. The number of benzene rings is 3. The number of aliphatic hydroxyl groups is 1. The van der Waals surface area contributed by atoms with Gasteiger partial charge in [0.15, 0.2) is 0 Å². The fourth-order valence-electron chi connectivity index (χ4n) is 5.36. The molecule has 3 aromatic carbocycles. The van der Waals surface area contributed by atoms with Crippen molar-refractivity contribution in [3.05, 3.63) is 78.4 Å². The van der Waals surface area contributed by atoms with Crippen LogP contribution in [0.3, 0.4) is 0 Å². The average molecular weight is 558 g/mol. The Bertz CT molecular complexity index is 1430. The van der Waals surface area contributed by atoms with Crippen molar-refractivity contribution >= 4 is 34.9 Å². The van der Waals surface area contributed by atoms with E-state index in [0.717, 1.165) is 21.6 Å². The number of hydrogen-bond donors (Lipinski definition) is 5. The summed E-state index contributed by atoms with van der Waals surface area (Å²) in [6.45, 7) is 6.52. The van der Waals surface area contributed by atoms with E-state index in [0.29, 0.717) is 29.9 Å². The Kier molecular flexibility index (Phi) is 8.51. The predicted molar refractivity (Wildman–Crippen MR) is 162 cm³/mol. The predicted octanol–water partition coefficient (Wildman–Crippen LogP) is 4.30. The number of carbonyl (C=O) groups excluding carboxylic acids is 3. The number of hydrogen-bond acceptors (Lipinski definition) is 6. The number of carbonyl (C=O) groups is 3. The van der Waals surface area contributed by atoms with Crippen LogP contribution in [0.25, 0.3) is 11.1 Å². The third kappa shape index (κ3) is 5.96. The fraction of sp³-hybridized carbons (Fsp3) is 0.344. The summed E-state index contributed by atoms with van der Waals surface area (Å²) in [5.41, 5.74) is 14.4. The van der Waals surface area contributed by atoms with Gasteiger partial charge in [-0.3, -0.25) is 9.59 Å². The van der Waals surface area contributed by atoms with Gasteiger partial charge in [0.05, 0.1) is 23.1 Å². The lowest BCUT2D eigenvalue weighted by Gasteiger charge is -2.46. The Balaban J connectivity index is 1.77. The number of para-hydroxylation sites is 2. The summed E-state index contributed by atoms with van der Waals surface area (Å²) < 4.78 is 0. The number of urea groups is 1. The second kappa shape index (κ2) is 11.7. The maximum absolute atomic E-state index is 14.7. The number of aliphatic hydroxyl groups excluding tert-OH is 1. The minimum absolute atomic E-state index is 0.0663. The first-order valence-corrected chi connectivity index (χ1v) is 13.8. The summed E-state index contributed by atoms with van der Waals surface area (Å²) >= 11 is 0. The molecular formula is C32H39N5O4. The molecule has 0 spiro atoms. The van der Waals surface area contributed by atoms with Crippen molar-refractivity contribution in [1.29, 1.82) is 0 Å². The van der Waals surface area contributed by atoms with E-state index < -0.39 is 34.9 Å². The first kappa shape index (κ1) is 29.8. The van der Waals surface area contributed by atoms with Crippen LogP contribution in [0.15, 0.2) is 72.8 Å². The second-order valence-corrected chi connectivity index (χ2v) is 11.5. The molecule has 3 atom stereocenters. The van der Waals surface area contributed by atoms with Crippen LogP contribution in [0, 0.1) is 11.3 Å². The Hall–Kier alpha value is -4.21. The second-order valence-electron chi connectivity index (χ2n) is 11.5. The molecule has 0 bridgehead atoms. The molecule has 1 heterocycles. The molecule has 0 aromatic heterocycles. The van der Waals surface area contributed by atoms with Crippen LogP contribution in [0.5, 0.6) is 0 Å². The number of nitrogens with one attached hydrogen (secondary N) is 2. The maximum Gasteiger partial charge on any atom is 0.328 e. The molecule has 9 heteroatoms. The third-order valence-corrected chi connectivity index (χ3v) is 8.13. The molecule has 216 valence electrons. The van der Waals surface area contributed by atoms with Crippen molar-refractivity contribution in [2.24, 2.45) is 17.1 Å². The van der Waals surface area contributed by atoms with Crippen molar-refractivity contribution < 1.29 is 19.5 Å². The maximum atomic E-state index is 14.7. The van der Waals surface area contributed by atoms with E-state index in [4.69, 9.17) is 11.5 Å². The smallest absolute Gasteiger partial charge is 0.328 e. The number of fused-ring (bicyclic) bond motifs is 1. The number of nitrogens with two attached hydrogens (primary N) is 2. The summed E-state index contributed by atoms with van der Waals surface area (Å²) in [6, 6.07) is 21.1. The summed E-state index contributed by atoms with van der Waals surface area (Å²) in [5, 5.41) is 15.4. The monoisotopic (exact) mass is 557 g/mol. The van der Waals surface area contributed by atoms with Crippen LogP contribution in [0.2, 0.25) is 0 Å². The molecule has 7 N–H and O–H groups in total. The Morgan fingerprint density at radius 3 is 2.32 bits per heavy atom. The van der Waals surface area contributed by atoms with Crippen molar-refractivity contribution in [2.45, 2.75) is 52.2 Å². The molecule has 1 unspecified atom stereocenters. The molecule has 1 aliphatic rings. The van der Waals surface area contributed by atoms with Crippen LogP contribution in [-0.2, 0) is 16.0 Å². The fourth-order valence-corrected chi connectivity index (χ4v) is 5.36. The van der Waals surface area contributed by atoms with E-state index >= 15 is 0 Å². The summed E-state index contributed by atoms with van der Waals surface area (Å²) in [4.78, 5) is 43.0. The van der Waals surface area contributed by atoms with Crippen LogP contribution < -0.4 is 27.0 Å². The Morgan fingerprint density at radius 1 is 1.05 bits per heavy atom. The number of rotatable bonds is 7. The molecule has 0 fully saturated rings. The summed E-state index contributed by atoms with van der Waals surface area (Å²) in [5.74, 6) is -1.78. The topological polar surface area (TPSA) is 151 Å². The lowest BCUT2D eigenvalue weighted by Crippen LogP contribution is -2.65. The quantitative estimate of drug-likeness (QED) is 0.273. The Labute approximate surface area is 240 Å². The molecule has 9 nitrogen and oxygen atoms in total. The van der Waals surface area contributed by atoms with Gasteiger partial charge in [-0.25, -0.2) is 9.69 Å². The number of amides is 4. The first-order chi connectivity index (χ1) is 19.3. The third-order valence-electron chi connectivity index (χ3n) is 8.13. The van der Waals surface area contributed by atoms with E-state index in [1.54, 1.807) is 51.1 Å². The standard InChI is InChI=1S/C32H39N5O4/c1-20(38)19-35-30(41)37(23-16-13-21(14-17-23)24-10-6-7-11-26(24)33)29(40)32(4,31(2,3)34)25-18-15-22-9-5-8-12-27(22)36-28(25)39/h5-14,16-17,20,25,38H,15,18-19,33-34H2,1-4H3,(H,35,41)(H,36,39)/t20-,25-,32?/m0/s1. The molecule has 41 heavy (non-hydrogen) atoms. The van der Waals surface area contributed by atoms with Crippen LogP contribution in [0.4, 0.5) is 21.9 Å². The van der Waals surface area contributed by atoms with Crippen molar-refractivity contribution in [2.75, 3.05) is 22.5 Å². The molecule has 0 saturated heterocycles. The normalized spacial score (nSPS) is 17.3.